The minimum Gasteiger partial charge on any atom is -0.495 e. The van der Waals surface area contributed by atoms with Gasteiger partial charge >= 0.3 is 5.97 Å². The van der Waals surface area contributed by atoms with Gasteiger partial charge in [0.2, 0.25) is 0 Å². The zero-order valence-corrected chi connectivity index (χ0v) is 11.6. The van der Waals surface area contributed by atoms with Crippen LogP contribution in [0, 0.1) is 0 Å². The predicted octanol–water partition coefficient (Wildman–Crippen LogP) is 4.35. The number of rotatable bonds is 6. The maximum Gasteiger partial charge on any atom is 0.303 e. The summed E-state index contributed by atoms with van der Waals surface area (Å²) in [5, 5.41) is 8.30. The minimum absolute atomic E-state index is 0.0276. The van der Waals surface area contributed by atoms with E-state index in [0.29, 0.717) is 0 Å². The first kappa shape index (κ1) is 16.0. The molecule has 1 N–H and O–H groups in total. The number of carboxylic acid groups (broad SMARTS) is 1. The molecule has 1 aromatic carbocycles. The molecule has 0 spiro atoms. The first-order valence-electron chi connectivity index (χ1n) is 5.41. The molecule has 0 amide bonds. The molecule has 1 aromatic rings. The fourth-order valence-corrected chi connectivity index (χ4v) is 2.09. The van der Waals surface area contributed by atoms with E-state index in [0.717, 1.165) is 6.07 Å². The van der Waals surface area contributed by atoms with Crippen LogP contribution in [0.25, 0.3) is 0 Å². The summed E-state index contributed by atoms with van der Waals surface area (Å²) in [7, 11) is 1.35. The third-order valence-electron chi connectivity index (χ3n) is 2.52. The van der Waals surface area contributed by atoms with Crippen LogP contribution in [-0.2, 0) is 10.7 Å². The number of carboxylic acids is 1. The van der Waals surface area contributed by atoms with E-state index in [9.17, 15) is 13.6 Å². The lowest BCUT2D eigenvalue weighted by Crippen LogP contribution is -2.15. The fraction of sp³-hybridized carbons (Fsp3) is 0.417. The average molecular weight is 313 g/mol. The molecule has 0 atom stereocenters. The second-order valence-electron chi connectivity index (χ2n) is 3.92. The van der Waals surface area contributed by atoms with Crippen LogP contribution in [-0.4, -0.2) is 18.2 Å². The molecule has 0 aromatic heterocycles. The summed E-state index contributed by atoms with van der Waals surface area (Å²) in [6.45, 7) is 0. The van der Waals surface area contributed by atoms with Crippen LogP contribution in [0.2, 0.25) is 10.0 Å². The van der Waals surface area contributed by atoms with E-state index < -0.39 is 23.9 Å². The highest BCUT2D eigenvalue weighted by molar-refractivity contribution is 6.34. The Morgan fingerprint density at radius 1 is 1.37 bits per heavy atom. The SMILES string of the molecule is COc1cc(Cl)c(C(F)(F)CCCC(=O)O)cc1Cl. The summed E-state index contributed by atoms with van der Waals surface area (Å²) < 4.78 is 32.7. The van der Waals surface area contributed by atoms with E-state index >= 15 is 0 Å². The lowest BCUT2D eigenvalue weighted by molar-refractivity contribution is -0.137. The highest BCUT2D eigenvalue weighted by atomic mass is 35.5. The van der Waals surface area contributed by atoms with Gasteiger partial charge < -0.3 is 9.84 Å². The molecule has 7 heteroatoms. The van der Waals surface area contributed by atoms with Crippen LogP contribution in [0.4, 0.5) is 8.78 Å². The average Bonchev–Trinajstić information content (AvgIpc) is 2.30. The Bertz CT molecular complexity index is 478. The van der Waals surface area contributed by atoms with Crippen LogP contribution in [0.15, 0.2) is 12.1 Å². The smallest absolute Gasteiger partial charge is 0.303 e. The largest absolute Gasteiger partial charge is 0.495 e. The van der Waals surface area contributed by atoms with Crippen molar-refractivity contribution in [3.63, 3.8) is 0 Å². The van der Waals surface area contributed by atoms with Crippen molar-refractivity contribution < 1.29 is 23.4 Å². The zero-order valence-electron chi connectivity index (χ0n) is 10.1. The second kappa shape index (κ2) is 6.39. The van der Waals surface area contributed by atoms with Crippen molar-refractivity contribution in [2.24, 2.45) is 0 Å². The Morgan fingerprint density at radius 3 is 2.53 bits per heavy atom. The van der Waals surface area contributed by atoms with Gasteiger partial charge in [-0.05, 0) is 12.5 Å². The molecule has 19 heavy (non-hydrogen) atoms. The van der Waals surface area contributed by atoms with Crippen molar-refractivity contribution in [1.82, 2.24) is 0 Å². The molecular formula is C12H12Cl2F2O3. The van der Waals surface area contributed by atoms with E-state index in [4.69, 9.17) is 33.0 Å². The van der Waals surface area contributed by atoms with Gasteiger partial charge in [-0.25, -0.2) is 8.78 Å². The molecule has 0 saturated carbocycles. The molecule has 0 radical (unpaired) electrons. The highest BCUT2D eigenvalue weighted by Crippen LogP contribution is 2.41. The van der Waals surface area contributed by atoms with E-state index in [1.165, 1.54) is 13.2 Å². The Kier molecular flexibility index (Phi) is 5.38. The van der Waals surface area contributed by atoms with Crippen LogP contribution in [0.3, 0.4) is 0 Å². The van der Waals surface area contributed by atoms with E-state index in [1.54, 1.807) is 0 Å². The monoisotopic (exact) mass is 312 g/mol. The maximum atomic E-state index is 13.9. The standard InChI is InChI=1S/C12H12Cl2F2O3/c1-19-10-6-8(13)7(5-9(10)14)12(15,16)4-2-3-11(17)18/h5-6H,2-4H2,1H3,(H,17,18). The molecule has 106 valence electrons. The number of hydrogen-bond donors (Lipinski definition) is 1. The van der Waals surface area contributed by atoms with Gasteiger partial charge in [-0.2, -0.15) is 0 Å². The Balaban J connectivity index is 2.94. The van der Waals surface area contributed by atoms with Crippen molar-refractivity contribution in [2.75, 3.05) is 7.11 Å². The van der Waals surface area contributed by atoms with Gasteiger partial charge in [0.25, 0.3) is 5.92 Å². The molecule has 0 bridgehead atoms. The van der Waals surface area contributed by atoms with Crippen LogP contribution in [0.5, 0.6) is 5.75 Å². The minimum atomic E-state index is -3.23. The van der Waals surface area contributed by atoms with Gasteiger partial charge in [0.05, 0.1) is 17.2 Å². The summed E-state index contributed by atoms with van der Waals surface area (Å²) in [6, 6.07) is 2.26. The normalized spacial score (nSPS) is 11.4. The highest BCUT2D eigenvalue weighted by Gasteiger charge is 2.34. The quantitative estimate of drug-likeness (QED) is 0.849. The van der Waals surface area contributed by atoms with Crippen LogP contribution in [0.1, 0.15) is 24.8 Å². The number of hydrogen-bond acceptors (Lipinski definition) is 2. The summed E-state index contributed by atoms with van der Waals surface area (Å²) >= 11 is 11.6. The number of aliphatic carboxylic acids is 1. The molecule has 1 rings (SSSR count). The number of alkyl halides is 2. The molecule has 0 aliphatic rings. The lowest BCUT2D eigenvalue weighted by Gasteiger charge is -2.19. The Labute approximate surface area is 119 Å². The molecule has 0 aliphatic heterocycles. The summed E-state index contributed by atoms with van der Waals surface area (Å²) in [6.07, 6.45) is -1.08. The first-order chi connectivity index (χ1) is 8.77. The van der Waals surface area contributed by atoms with Crippen molar-refractivity contribution in [1.29, 1.82) is 0 Å². The van der Waals surface area contributed by atoms with Gasteiger partial charge in [0.15, 0.2) is 0 Å². The number of ether oxygens (including phenoxy) is 1. The Morgan fingerprint density at radius 2 is 2.00 bits per heavy atom. The summed E-state index contributed by atoms with van der Waals surface area (Å²) in [4.78, 5) is 10.3. The number of benzene rings is 1. The predicted molar refractivity (Wildman–Crippen MR) is 68.4 cm³/mol. The maximum absolute atomic E-state index is 13.9. The van der Waals surface area contributed by atoms with Crippen LogP contribution < -0.4 is 4.74 Å². The number of halogens is 4. The molecular weight excluding hydrogens is 301 g/mol. The van der Waals surface area contributed by atoms with E-state index in [2.05, 4.69) is 0 Å². The number of carbonyl (C=O) groups is 1. The van der Waals surface area contributed by atoms with Gasteiger partial charge in [-0.3, -0.25) is 4.79 Å². The first-order valence-corrected chi connectivity index (χ1v) is 6.16. The van der Waals surface area contributed by atoms with Gasteiger partial charge in [0.1, 0.15) is 5.75 Å². The van der Waals surface area contributed by atoms with E-state index in [1.807, 2.05) is 0 Å². The molecule has 0 fully saturated rings. The zero-order chi connectivity index (χ0) is 14.6. The Hall–Kier alpha value is -1.07. The van der Waals surface area contributed by atoms with Crippen molar-refractivity contribution in [2.45, 2.75) is 25.2 Å². The van der Waals surface area contributed by atoms with Gasteiger partial charge in [-0.15, -0.1) is 0 Å². The second-order valence-corrected chi connectivity index (χ2v) is 4.73. The molecule has 3 nitrogen and oxygen atoms in total. The van der Waals surface area contributed by atoms with Crippen molar-refractivity contribution >= 4 is 29.2 Å². The van der Waals surface area contributed by atoms with E-state index in [-0.39, 0.29) is 28.6 Å². The van der Waals surface area contributed by atoms with Gasteiger partial charge in [0, 0.05) is 24.5 Å². The summed E-state index contributed by atoms with van der Waals surface area (Å²) in [5.41, 5.74) is -0.426. The summed E-state index contributed by atoms with van der Waals surface area (Å²) in [5.74, 6) is -4.14. The molecule has 0 aliphatic carbocycles. The third kappa shape index (κ3) is 4.21. The fourth-order valence-electron chi connectivity index (χ4n) is 1.56. The topological polar surface area (TPSA) is 46.5 Å². The third-order valence-corrected chi connectivity index (χ3v) is 3.13. The van der Waals surface area contributed by atoms with Crippen molar-refractivity contribution in [3.8, 4) is 5.75 Å². The molecule has 0 unspecified atom stereocenters. The number of methoxy groups -OCH3 is 1. The van der Waals surface area contributed by atoms with Crippen molar-refractivity contribution in [3.05, 3.63) is 27.7 Å². The van der Waals surface area contributed by atoms with Gasteiger partial charge in [-0.1, -0.05) is 23.2 Å². The molecule has 0 heterocycles. The van der Waals surface area contributed by atoms with Crippen LogP contribution >= 0.6 is 23.2 Å². The lowest BCUT2D eigenvalue weighted by atomic mass is 10.0. The molecule has 0 saturated heterocycles.